The van der Waals surface area contributed by atoms with Gasteiger partial charge in [-0.1, -0.05) is 171 Å². The molecule has 0 aliphatic heterocycles. The van der Waals surface area contributed by atoms with Crippen LogP contribution in [0.3, 0.4) is 0 Å². The maximum atomic E-state index is 12.6. The maximum absolute atomic E-state index is 12.6. The predicted octanol–water partition coefficient (Wildman–Crippen LogP) is 7.02. The standard InChI is InChI=1S/C13H11ClN4O3S2.C13H11ClN4OS2.C13H14ClN3OS2.3CH4.ClH.HNO2.Na/c1-3-23(20,21)13-15-11-10(22-13)12(19)18(17-16-11)9-7(2)5-4-6-8(9)14;1-3-20-13-15-11-10(21-13)12(19)18(17-16-11)9-7(2)5-4-6-8(9)14;1-3-19-13-17-11(15)10(20-13)12(18)16-9-7(2)5-4-6-8(9)14;;;;;2-1-3;/h4-6H,3H2,1-2H3;4-6H,3H2,1-2H3;4-6H,3,15H2,1-2H3,(H,16,18);3*1H4;1H;1H;/q;;;;;;;;+1. The molecule has 0 saturated heterocycles. The number of hydrogen-bond acceptors (Lipinski definition) is 20. The summed E-state index contributed by atoms with van der Waals surface area (Å²) in [6.07, 6.45) is 0. The minimum absolute atomic E-state index is 0. The number of nitrogens with zero attached hydrogens (tertiary/aromatic N) is 9. The van der Waals surface area contributed by atoms with Crippen molar-refractivity contribution in [3.63, 3.8) is 0 Å². The summed E-state index contributed by atoms with van der Waals surface area (Å²) in [6, 6.07) is 16.1. The Hall–Kier alpha value is -3.83. The van der Waals surface area contributed by atoms with Crippen molar-refractivity contribution in [2.75, 3.05) is 28.3 Å². The van der Waals surface area contributed by atoms with Gasteiger partial charge in [-0.25, -0.2) is 23.4 Å². The van der Waals surface area contributed by atoms with Crippen LogP contribution < -0.4 is 57.1 Å². The van der Waals surface area contributed by atoms with Gasteiger partial charge in [0.15, 0.2) is 8.68 Å². The van der Waals surface area contributed by atoms with E-state index in [2.05, 4.69) is 40.9 Å². The molecule has 8 aromatic rings. The molecular formula is C42H50Cl4N12NaO7S6+. The number of benzene rings is 3. The zero-order valence-electron chi connectivity index (χ0n) is 37.3. The summed E-state index contributed by atoms with van der Waals surface area (Å²) in [5.74, 6) is 1.66. The minimum Gasteiger partial charge on any atom is -0.382 e. The first-order valence-electron chi connectivity index (χ1n) is 19.2. The summed E-state index contributed by atoms with van der Waals surface area (Å²) in [5.41, 5.74) is 9.58. The van der Waals surface area contributed by atoms with Gasteiger partial charge in [-0.3, -0.25) is 24.5 Å². The zero-order chi connectivity index (χ0) is 49.2. The second-order valence-electron chi connectivity index (χ2n) is 13.1. The van der Waals surface area contributed by atoms with Crippen LogP contribution in [0.1, 0.15) is 69.4 Å². The van der Waals surface area contributed by atoms with E-state index < -0.39 is 15.4 Å². The zero-order valence-corrected chi connectivity index (χ0v) is 47.3. The molecule has 30 heteroatoms. The summed E-state index contributed by atoms with van der Waals surface area (Å²) in [7, 11) is -3.51. The number of thiazole rings is 3. The minimum atomic E-state index is -3.51. The molecule has 3 aromatic carbocycles. The average Bonchev–Trinajstić information content (AvgIpc) is 4.02. The van der Waals surface area contributed by atoms with Crippen molar-refractivity contribution in [3.8, 4) is 11.4 Å². The van der Waals surface area contributed by atoms with E-state index in [-0.39, 0.29) is 107 Å². The first-order valence-corrected chi connectivity index (χ1v) is 26.5. The van der Waals surface area contributed by atoms with E-state index in [1.165, 1.54) is 34.3 Å². The number of halogens is 4. The smallest absolute Gasteiger partial charge is 0.382 e. The fraction of sp³-hybridized carbons (Fsp3) is 0.286. The molecule has 0 aliphatic carbocycles. The molecule has 5 aromatic heterocycles. The van der Waals surface area contributed by atoms with Gasteiger partial charge in [0.1, 0.15) is 20.1 Å². The van der Waals surface area contributed by atoms with E-state index in [9.17, 15) is 22.8 Å². The van der Waals surface area contributed by atoms with E-state index in [0.29, 0.717) is 47.4 Å². The second-order valence-corrected chi connectivity index (χ2v) is 22.8. The number of nitrogen functional groups attached to an aromatic ring is 1. The number of thioether (sulfide) groups is 2. The van der Waals surface area contributed by atoms with Crippen molar-refractivity contribution in [1.29, 1.82) is 0 Å². The normalized spacial score (nSPS) is 10.2. The Morgan fingerprint density at radius 3 is 1.61 bits per heavy atom. The summed E-state index contributed by atoms with van der Waals surface area (Å²) in [5, 5.41) is 28.2. The SMILES string of the molecule is C.C.C.CCS(=O)(=O)c1nc2nnn(-c3c(C)cccc3Cl)c(=O)c2s1.CCSc1nc(N)c(C(=O)Nc2c(C)cccc2Cl)s1.CCSc1nc2nnn(-c3c(C)cccc3Cl)c(=O)c2s1.Cl.O=[NH+][O-].[Na+]. The van der Waals surface area contributed by atoms with E-state index in [1.807, 2.05) is 52.0 Å². The molecule has 0 atom stereocenters. The predicted molar refractivity (Wildman–Crippen MR) is 297 cm³/mol. The number of fused-ring (bicyclic) bond motifs is 2. The van der Waals surface area contributed by atoms with Gasteiger partial charge >= 0.3 is 29.6 Å². The fourth-order valence-electron chi connectivity index (χ4n) is 5.58. The number of aromatic nitrogens is 9. The third-order valence-electron chi connectivity index (χ3n) is 8.69. The van der Waals surface area contributed by atoms with Crippen LogP contribution in [0.4, 0.5) is 11.5 Å². The Labute approximate surface area is 479 Å². The number of hydrogen-bond donors (Lipinski definition) is 3. The molecule has 0 spiro atoms. The number of rotatable bonds is 10. The number of nitrogens with one attached hydrogen (secondary N) is 2. The number of carbonyl (C=O) groups excluding carboxylic acids is 1. The third-order valence-corrected chi connectivity index (χ3v) is 17.0. The van der Waals surface area contributed by atoms with Crippen molar-refractivity contribution >= 4 is 153 Å². The van der Waals surface area contributed by atoms with Gasteiger partial charge in [-0.05, 0) is 67.2 Å². The molecule has 1 amide bonds. The summed E-state index contributed by atoms with van der Waals surface area (Å²) < 4.78 is 28.3. The van der Waals surface area contributed by atoms with Crippen LogP contribution in [0.5, 0.6) is 0 Å². The Balaban J connectivity index is 0.000000990. The number of amides is 1. The first kappa shape index (κ1) is 68.2. The van der Waals surface area contributed by atoms with Crippen molar-refractivity contribution in [2.45, 2.75) is 76.8 Å². The molecule has 384 valence electrons. The van der Waals surface area contributed by atoms with E-state index in [4.69, 9.17) is 50.7 Å². The van der Waals surface area contributed by atoms with Gasteiger partial charge < -0.3 is 11.1 Å². The molecule has 8 rings (SSSR count). The number of sulfone groups is 1. The Morgan fingerprint density at radius 1 is 0.736 bits per heavy atom. The molecule has 5 heterocycles. The van der Waals surface area contributed by atoms with Crippen LogP contribution in [0.25, 0.3) is 32.1 Å². The van der Waals surface area contributed by atoms with Gasteiger partial charge in [0.25, 0.3) is 17.0 Å². The van der Waals surface area contributed by atoms with E-state index in [0.717, 1.165) is 52.9 Å². The first-order chi connectivity index (χ1) is 31.9. The number of para-hydroxylation sites is 3. The molecule has 0 aliphatic rings. The molecule has 19 nitrogen and oxygen atoms in total. The summed E-state index contributed by atoms with van der Waals surface area (Å²) >= 11 is 25.0. The topological polar surface area (TPSA) is 278 Å². The monoisotopic (exact) mass is 1190 g/mol. The second kappa shape index (κ2) is 31.1. The molecule has 72 heavy (non-hydrogen) atoms. The van der Waals surface area contributed by atoms with Gasteiger partial charge in [0, 0.05) is 5.34 Å². The number of carbonyl (C=O) groups is 1. The van der Waals surface area contributed by atoms with Crippen molar-refractivity contribution in [2.24, 2.45) is 0 Å². The average molecular weight is 1190 g/mol. The molecule has 4 N–H and O–H groups in total. The molecule has 0 saturated carbocycles. The number of aryl methyl sites for hydroxylation is 3. The van der Waals surface area contributed by atoms with Crippen LogP contribution in [-0.4, -0.2) is 76.5 Å². The summed E-state index contributed by atoms with van der Waals surface area (Å²) in [4.78, 5) is 58.4. The van der Waals surface area contributed by atoms with Crippen LogP contribution >= 0.6 is 105 Å². The van der Waals surface area contributed by atoms with Crippen LogP contribution in [-0.2, 0) is 9.84 Å². The molecule has 0 radical (unpaired) electrons. The van der Waals surface area contributed by atoms with Crippen LogP contribution in [0, 0.1) is 30.9 Å². The van der Waals surface area contributed by atoms with Crippen LogP contribution in [0.15, 0.2) is 77.2 Å². The van der Waals surface area contributed by atoms with Gasteiger partial charge in [-0.15, -0.1) is 33.9 Å². The fourth-order valence-corrected chi connectivity index (χ4v) is 12.5. The van der Waals surface area contributed by atoms with E-state index >= 15 is 0 Å². The van der Waals surface area contributed by atoms with Gasteiger partial charge in [0.2, 0.25) is 25.5 Å². The largest absolute Gasteiger partial charge is 1.00 e. The molecule has 0 fully saturated rings. The maximum Gasteiger partial charge on any atom is 1.00 e. The Kier molecular flexibility index (Phi) is 29.5. The summed E-state index contributed by atoms with van der Waals surface area (Å²) in [6.45, 7) is 11.1. The number of anilines is 2. The third kappa shape index (κ3) is 16.3. The Bertz CT molecular complexity index is 3280. The molecule has 0 bridgehead atoms. The van der Waals surface area contributed by atoms with Crippen LogP contribution in [0.2, 0.25) is 15.1 Å². The number of nitrogens with two attached hydrogens (primary N) is 1. The van der Waals surface area contributed by atoms with Gasteiger partial charge in [0.05, 0.1) is 37.9 Å². The van der Waals surface area contributed by atoms with Crippen molar-refractivity contribution in [3.05, 3.63) is 122 Å². The quantitative estimate of drug-likeness (QED) is 0.0537. The van der Waals surface area contributed by atoms with Gasteiger partial charge in [-0.2, -0.15) is 9.36 Å². The van der Waals surface area contributed by atoms with Crippen molar-refractivity contribution < 1.29 is 48.1 Å². The molecule has 0 unspecified atom stereocenters. The van der Waals surface area contributed by atoms with Crippen molar-refractivity contribution in [1.82, 2.24) is 44.9 Å². The molecular weight excluding hydrogens is 1140 g/mol. The Morgan fingerprint density at radius 2 is 1.17 bits per heavy atom. The van der Waals surface area contributed by atoms with E-state index in [1.54, 1.807) is 60.8 Å².